The highest BCUT2D eigenvalue weighted by Crippen LogP contribution is 2.03. The summed E-state index contributed by atoms with van der Waals surface area (Å²) in [5.41, 5.74) is 0. The Bertz CT molecular complexity index is 329. The number of carboxylic acid groups (broad SMARTS) is 1. The maximum atomic E-state index is 10.3. The first-order chi connectivity index (χ1) is 10.2. The van der Waals surface area contributed by atoms with E-state index in [0.717, 1.165) is 19.3 Å². The largest absolute Gasteiger partial charge is 0.481 e. The Balaban J connectivity index is 3.55. The molecule has 120 valence electrons. The zero-order chi connectivity index (χ0) is 15.8. The van der Waals surface area contributed by atoms with Gasteiger partial charge in [0.15, 0.2) is 0 Å². The molecule has 0 saturated carbocycles. The first kappa shape index (κ1) is 19.7. The van der Waals surface area contributed by atoms with Crippen molar-refractivity contribution in [2.45, 2.75) is 70.8 Å². The summed E-state index contributed by atoms with van der Waals surface area (Å²) in [6.07, 6.45) is 19.5. The van der Waals surface area contributed by atoms with E-state index in [1.807, 2.05) is 24.3 Å². The third kappa shape index (κ3) is 16.6. The maximum absolute atomic E-state index is 10.3. The van der Waals surface area contributed by atoms with Crippen LogP contribution in [0.1, 0.15) is 64.7 Å². The van der Waals surface area contributed by atoms with Crippen LogP contribution in [0.2, 0.25) is 0 Å². The highest BCUT2D eigenvalue weighted by molar-refractivity contribution is 5.66. The number of hydrogen-bond donors (Lipinski definition) is 2. The first-order valence-corrected chi connectivity index (χ1v) is 8.05. The molecule has 1 atom stereocenters. The molecule has 0 aromatic rings. The van der Waals surface area contributed by atoms with Crippen molar-refractivity contribution in [3.63, 3.8) is 0 Å². The van der Waals surface area contributed by atoms with Gasteiger partial charge >= 0.3 is 5.97 Å². The van der Waals surface area contributed by atoms with Gasteiger partial charge in [-0.2, -0.15) is 0 Å². The summed E-state index contributed by atoms with van der Waals surface area (Å²) < 4.78 is 0. The predicted octanol–water partition coefficient (Wildman–Crippen LogP) is 4.63. The fourth-order valence-electron chi connectivity index (χ4n) is 1.85. The van der Waals surface area contributed by atoms with Crippen LogP contribution in [0.5, 0.6) is 0 Å². The van der Waals surface area contributed by atoms with Crippen molar-refractivity contribution in [1.82, 2.24) is 0 Å². The lowest BCUT2D eigenvalue weighted by Crippen LogP contribution is -1.98. The summed E-state index contributed by atoms with van der Waals surface area (Å²) >= 11 is 0. The van der Waals surface area contributed by atoms with Crippen LogP contribution in [0, 0.1) is 0 Å². The lowest BCUT2D eigenvalue weighted by Gasteiger charge is -1.99. The van der Waals surface area contributed by atoms with Crippen molar-refractivity contribution in [1.29, 1.82) is 0 Å². The molecule has 2 N–H and O–H groups in total. The Morgan fingerprint density at radius 1 is 1.00 bits per heavy atom. The number of carbonyl (C=O) groups is 1. The Labute approximate surface area is 129 Å². The van der Waals surface area contributed by atoms with Gasteiger partial charge in [0.05, 0.1) is 6.10 Å². The van der Waals surface area contributed by atoms with E-state index >= 15 is 0 Å². The molecule has 0 heterocycles. The number of rotatable bonds is 13. The van der Waals surface area contributed by atoms with E-state index in [9.17, 15) is 9.90 Å². The van der Waals surface area contributed by atoms with Crippen LogP contribution in [0.15, 0.2) is 36.5 Å². The highest BCUT2D eigenvalue weighted by atomic mass is 16.4. The second kappa shape index (κ2) is 15.0. The highest BCUT2D eigenvalue weighted by Gasteiger charge is 1.95. The number of aliphatic carboxylic acids is 1. The van der Waals surface area contributed by atoms with Gasteiger partial charge in [-0.3, -0.25) is 4.79 Å². The third-order valence-corrected chi connectivity index (χ3v) is 3.11. The zero-order valence-corrected chi connectivity index (χ0v) is 13.2. The molecular formula is C18H30O3. The molecule has 0 saturated heterocycles. The zero-order valence-electron chi connectivity index (χ0n) is 13.2. The van der Waals surface area contributed by atoms with Crippen molar-refractivity contribution < 1.29 is 15.0 Å². The van der Waals surface area contributed by atoms with E-state index in [4.69, 9.17) is 5.11 Å². The fourth-order valence-corrected chi connectivity index (χ4v) is 1.85. The van der Waals surface area contributed by atoms with E-state index in [0.29, 0.717) is 12.8 Å². The lowest BCUT2D eigenvalue weighted by molar-refractivity contribution is -0.137. The number of aliphatic hydroxyl groups excluding tert-OH is 1. The molecule has 0 fully saturated rings. The molecule has 0 aromatic heterocycles. The van der Waals surface area contributed by atoms with Crippen molar-refractivity contribution in [3.8, 4) is 0 Å². The maximum Gasteiger partial charge on any atom is 0.303 e. The first-order valence-electron chi connectivity index (χ1n) is 8.05. The van der Waals surface area contributed by atoms with Gasteiger partial charge in [-0.25, -0.2) is 0 Å². The average molecular weight is 294 g/mol. The van der Waals surface area contributed by atoms with Crippen molar-refractivity contribution in [2.24, 2.45) is 0 Å². The standard InChI is InChI=1S/C18H30O3/c1-2-3-4-5-6-8-11-14-17(19)15-12-9-7-10-13-16-18(20)21/h6,8-9,11-12,14,17,19H,2-5,7,10,13,15-16H2,1H3,(H,20,21)/b8-6+,12-9+,14-11+/t17-/m0/s1. The van der Waals surface area contributed by atoms with E-state index in [1.165, 1.54) is 19.3 Å². The Morgan fingerprint density at radius 2 is 1.71 bits per heavy atom. The molecule has 0 aliphatic heterocycles. The molecule has 0 aliphatic carbocycles. The SMILES string of the molecule is CCCCC/C=C/C=C/[C@H](O)C/C=C/CCCCC(=O)O. The van der Waals surface area contributed by atoms with Gasteiger partial charge in [0.1, 0.15) is 0 Å². The van der Waals surface area contributed by atoms with Gasteiger partial charge in [-0.15, -0.1) is 0 Å². The fraction of sp³-hybridized carbons (Fsp3) is 0.611. The molecule has 0 unspecified atom stereocenters. The van der Waals surface area contributed by atoms with Crippen molar-refractivity contribution in [2.75, 3.05) is 0 Å². The topological polar surface area (TPSA) is 57.5 Å². The van der Waals surface area contributed by atoms with Crippen molar-refractivity contribution >= 4 is 5.97 Å². The third-order valence-electron chi connectivity index (χ3n) is 3.11. The van der Waals surface area contributed by atoms with E-state index < -0.39 is 12.1 Å². The van der Waals surface area contributed by atoms with Crippen LogP contribution in [-0.2, 0) is 4.79 Å². The van der Waals surface area contributed by atoms with Gasteiger partial charge in [-0.1, -0.05) is 56.2 Å². The molecule has 0 radical (unpaired) electrons. The lowest BCUT2D eigenvalue weighted by atomic mass is 10.1. The molecule has 21 heavy (non-hydrogen) atoms. The van der Waals surface area contributed by atoms with E-state index in [-0.39, 0.29) is 6.42 Å². The molecule has 3 nitrogen and oxygen atoms in total. The quantitative estimate of drug-likeness (QED) is 0.296. The van der Waals surface area contributed by atoms with Crippen LogP contribution in [-0.4, -0.2) is 22.3 Å². The normalized spacial score (nSPS) is 13.6. The number of carboxylic acids is 1. The van der Waals surface area contributed by atoms with Crippen LogP contribution < -0.4 is 0 Å². The second-order valence-corrected chi connectivity index (χ2v) is 5.22. The van der Waals surface area contributed by atoms with E-state index in [2.05, 4.69) is 13.0 Å². The molecule has 0 rings (SSSR count). The summed E-state index contributed by atoms with van der Waals surface area (Å²) in [6.45, 7) is 2.19. The van der Waals surface area contributed by atoms with Crippen LogP contribution in [0.3, 0.4) is 0 Å². The van der Waals surface area contributed by atoms with Crippen LogP contribution >= 0.6 is 0 Å². The summed E-state index contributed by atoms with van der Waals surface area (Å²) in [7, 11) is 0. The average Bonchev–Trinajstić information content (AvgIpc) is 2.45. The van der Waals surface area contributed by atoms with Gasteiger partial charge < -0.3 is 10.2 Å². The second-order valence-electron chi connectivity index (χ2n) is 5.22. The van der Waals surface area contributed by atoms with Gasteiger partial charge in [0.25, 0.3) is 0 Å². The molecule has 0 aromatic carbocycles. The van der Waals surface area contributed by atoms with Gasteiger partial charge in [-0.05, 0) is 38.5 Å². The predicted molar refractivity (Wildman–Crippen MR) is 88.3 cm³/mol. The summed E-state index contributed by atoms with van der Waals surface area (Å²) in [6, 6.07) is 0. The Morgan fingerprint density at radius 3 is 2.43 bits per heavy atom. The number of allylic oxidation sites excluding steroid dienone is 4. The molecule has 0 spiro atoms. The van der Waals surface area contributed by atoms with Gasteiger partial charge in [0.2, 0.25) is 0 Å². The summed E-state index contributed by atoms with van der Waals surface area (Å²) in [5, 5.41) is 18.2. The molecule has 0 amide bonds. The summed E-state index contributed by atoms with van der Waals surface area (Å²) in [5.74, 6) is -0.734. The van der Waals surface area contributed by atoms with Crippen LogP contribution in [0.4, 0.5) is 0 Å². The Hall–Kier alpha value is -1.35. The molecule has 3 heteroatoms. The van der Waals surface area contributed by atoms with Crippen LogP contribution in [0.25, 0.3) is 0 Å². The summed E-state index contributed by atoms with van der Waals surface area (Å²) in [4.78, 5) is 10.3. The minimum absolute atomic E-state index is 0.240. The minimum atomic E-state index is -0.734. The number of unbranched alkanes of at least 4 members (excludes halogenated alkanes) is 5. The number of hydrogen-bond acceptors (Lipinski definition) is 2. The smallest absolute Gasteiger partial charge is 0.303 e. The molecular weight excluding hydrogens is 264 g/mol. The molecule has 0 bridgehead atoms. The Kier molecular flexibility index (Phi) is 14.1. The van der Waals surface area contributed by atoms with E-state index in [1.54, 1.807) is 6.08 Å². The minimum Gasteiger partial charge on any atom is -0.481 e. The monoisotopic (exact) mass is 294 g/mol. The molecule has 0 aliphatic rings. The number of aliphatic hydroxyl groups is 1. The van der Waals surface area contributed by atoms with Crippen molar-refractivity contribution in [3.05, 3.63) is 36.5 Å². The van der Waals surface area contributed by atoms with Gasteiger partial charge in [0, 0.05) is 6.42 Å².